The molecule has 16 nitrogen and oxygen atoms in total. The van der Waals surface area contributed by atoms with E-state index in [1.807, 2.05) is 82.9 Å². The molecular formula is C50H55N4O12S3+. The summed E-state index contributed by atoms with van der Waals surface area (Å²) in [5.74, 6) is -1.22. The van der Waals surface area contributed by atoms with E-state index in [1.54, 1.807) is 25.1 Å². The highest BCUT2D eigenvalue weighted by Gasteiger charge is 2.46. The van der Waals surface area contributed by atoms with Gasteiger partial charge in [0.25, 0.3) is 36.3 Å². The number of pyridine rings is 1. The zero-order valence-corrected chi connectivity index (χ0v) is 41.7. The molecule has 0 radical (unpaired) electrons. The van der Waals surface area contributed by atoms with Crippen molar-refractivity contribution in [2.45, 2.75) is 99.7 Å². The standard InChI is InChI=1S/C50H54N4O12S3/c1-8-53-40-20-17-35-30(3)25-33(67(58,59)60)26-37(35)46(40)49(4,5)43(53)22-15-31(39-19-14-32(29-52-39)48(57)51-24-12-10-11-13-45(55)56)16-23-44-50(6,7)47-38-27-34(68(61,62)63)28-42(69(64,65)66)36(38)18-21-41(47)54(44)9-2/h14-23,25-29H,8-13,24H2,1-7H3,(H4-,51,55,56,57,58,59,60,61,62,63,64,65,66)/p+1. The number of benzene rings is 4. The van der Waals surface area contributed by atoms with Crippen LogP contribution in [0.3, 0.4) is 0 Å². The van der Waals surface area contributed by atoms with Gasteiger partial charge in [-0.15, -0.1) is 0 Å². The van der Waals surface area contributed by atoms with Crippen molar-refractivity contribution >= 4 is 86.4 Å². The number of nitrogens with one attached hydrogen (secondary N) is 1. The predicted octanol–water partition coefficient (Wildman–Crippen LogP) is 8.55. The lowest BCUT2D eigenvalue weighted by molar-refractivity contribution is -0.433. The number of carboxylic acids is 1. The summed E-state index contributed by atoms with van der Waals surface area (Å²) in [5, 5.41) is 13.6. The zero-order valence-electron chi connectivity index (χ0n) is 39.2. The van der Waals surface area contributed by atoms with Crippen molar-refractivity contribution in [3.05, 3.63) is 125 Å². The fourth-order valence-electron chi connectivity index (χ4n) is 9.83. The predicted molar refractivity (Wildman–Crippen MR) is 264 cm³/mol. The molecule has 364 valence electrons. The zero-order chi connectivity index (χ0) is 50.6. The van der Waals surface area contributed by atoms with Crippen LogP contribution in [-0.2, 0) is 46.0 Å². The summed E-state index contributed by atoms with van der Waals surface area (Å²) in [6, 6.07) is 15.4. The van der Waals surface area contributed by atoms with Crippen LogP contribution in [0.15, 0.2) is 112 Å². The average molecular weight is 1000 g/mol. The monoisotopic (exact) mass is 999 g/mol. The average Bonchev–Trinajstić information content (AvgIpc) is 3.64. The van der Waals surface area contributed by atoms with Gasteiger partial charge in [-0.1, -0.05) is 32.4 Å². The molecular weight excluding hydrogens is 945 g/mol. The molecule has 0 atom stereocenters. The molecule has 0 saturated carbocycles. The van der Waals surface area contributed by atoms with Gasteiger partial charge in [0, 0.05) is 71.2 Å². The number of nitrogens with zero attached hydrogens (tertiary/aromatic N) is 3. The van der Waals surface area contributed by atoms with Crippen LogP contribution in [0.2, 0.25) is 0 Å². The highest BCUT2D eigenvalue weighted by atomic mass is 32.2. The van der Waals surface area contributed by atoms with E-state index in [4.69, 9.17) is 10.1 Å². The molecule has 5 aromatic rings. The van der Waals surface area contributed by atoms with Gasteiger partial charge >= 0.3 is 5.97 Å². The molecule has 5 N–H and O–H groups in total. The third-order valence-corrected chi connectivity index (χ3v) is 15.6. The molecule has 2 aliphatic heterocycles. The Hall–Kier alpha value is -6.09. The largest absolute Gasteiger partial charge is 0.481 e. The summed E-state index contributed by atoms with van der Waals surface area (Å²) in [4.78, 5) is 29.2. The second-order valence-electron chi connectivity index (χ2n) is 18.2. The number of aryl methyl sites for hydroxylation is 1. The summed E-state index contributed by atoms with van der Waals surface area (Å²) < 4.78 is 107. The first kappa shape index (κ1) is 50.8. The van der Waals surface area contributed by atoms with Gasteiger partial charge in [0.1, 0.15) is 11.4 Å². The summed E-state index contributed by atoms with van der Waals surface area (Å²) in [5.41, 5.74) is 5.02. The Bertz CT molecular complexity index is 3450. The maximum absolute atomic E-state index is 13.2. The second-order valence-corrected chi connectivity index (χ2v) is 22.5. The van der Waals surface area contributed by atoms with Crippen molar-refractivity contribution in [3.63, 3.8) is 0 Å². The Balaban J connectivity index is 1.36. The SMILES string of the molecule is CCN1/C(=C/C=C(/C=C/C2=[N+](CC)c3ccc4c(C)cc(S(=O)(=O)O)cc4c3C2(C)C)c2ccc(C(=O)NCCCCCC(=O)O)cn2)C(C)(C)c2c1ccc1c(S(=O)(=O)O)cc(S(=O)(=O)O)cc21. The van der Waals surface area contributed by atoms with Crippen LogP contribution < -0.4 is 10.2 Å². The number of aromatic nitrogens is 1. The van der Waals surface area contributed by atoms with Gasteiger partial charge in [0.05, 0.1) is 26.5 Å². The third-order valence-electron chi connectivity index (χ3n) is 13.1. The van der Waals surface area contributed by atoms with E-state index in [0.717, 1.165) is 34.1 Å². The Morgan fingerprint density at radius 1 is 0.768 bits per heavy atom. The van der Waals surface area contributed by atoms with Crippen LogP contribution in [0.25, 0.3) is 27.1 Å². The summed E-state index contributed by atoms with van der Waals surface area (Å²) >= 11 is 0. The van der Waals surface area contributed by atoms with Crippen molar-refractivity contribution in [2.75, 3.05) is 24.5 Å². The van der Waals surface area contributed by atoms with Crippen LogP contribution >= 0.6 is 0 Å². The number of rotatable bonds is 16. The summed E-state index contributed by atoms with van der Waals surface area (Å²) in [7, 11) is -14.4. The maximum atomic E-state index is 13.2. The minimum atomic E-state index is -4.95. The number of unbranched alkanes of at least 4 members (excludes halogenated alkanes) is 2. The number of anilines is 1. The van der Waals surface area contributed by atoms with E-state index in [0.29, 0.717) is 77.9 Å². The molecule has 1 aromatic heterocycles. The Morgan fingerprint density at radius 2 is 1.42 bits per heavy atom. The Labute approximate surface area is 402 Å². The van der Waals surface area contributed by atoms with Crippen molar-refractivity contribution in [1.82, 2.24) is 10.3 Å². The van der Waals surface area contributed by atoms with Crippen LogP contribution in [0.5, 0.6) is 0 Å². The quantitative estimate of drug-likeness (QED) is 0.0269. The number of aliphatic carboxylic acids is 1. The minimum Gasteiger partial charge on any atom is -0.481 e. The molecule has 69 heavy (non-hydrogen) atoms. The third kappa shape index (κ3) is 9.76. The minimum absolute atomic E-state index is 0.0581. The normalized spacial score (nSPS) is 16.5. The number of hydrogen-bond donors (Lipinski definition) is 5. The molecule has 2 aliphatic rings. The number of fused-ring (bicyclic) bond motifs is 6. The van der Waals surface area contributed by atoms with Crippen LogP contribution in [-0.4, -0.2) is 90.8 Å². The van der Waals surface area contributed by atoms with Crippen LogP contribution in [0.4, 0.5) is 11.4 Å². The number of amides is 1. The number of carboxylic acid groups (broad SMARTS) is 1. The molecule has 3 heterocycles. The van der Waals surface area contributed by atoms with Crippen LogP contribution in [0.1, 0.15) is 100.0 Å². The van der Waals surface area contributed by atoms with Crippen molar-refractivity contribution in [1.29, 1.82) is 0 Å². The summed E-state index contributed by atoms with van der Waals surface area (Å²) in [6.45, 7) is 14.9. The van der Waals surface area contributed by atoms with E-state index in [1.165, 1.54) is 30.5 Å². The Kier molecular flexibility index (Phi) is 13.7. The maximum Gasteiger partial charge on any atom is 0.303 e. The molecule has 0 bridgehead atoms. The first-order valence-corrected chi connectivity index (χ1v) is 26.6. The second kappa shape index (κ2) is 18.7. The fraction of sp³-hybridized carbons (Fsp3) is 0.320. The molecule has 0 spiro atoms. The highest BCUT2D eigenvalue weighted by molar-refractivity contribution is 7.87. The van der Waals surface area contributed by atoms with Gasteiger partial charge in [-0.3, -0.25) is 28.2 Å². The van der Waals surface area contributed by atoms with Crippen LogP contribution in [0, 0.1) is 6.92 Å². The van der Waals surface area contributed by atoms with E-state index in [2.05, 4.69) is 9.89 Å². The van der Waals surface area contributed by atoms with Crippen molar-refractivity contribution < 1.29 is 58.2 Å². The number of hydrogen-bond acceptors (Lipinski definition) is 10. The molecule has 7 rings (SSSR count). The van der Waals surface area contributed by atoms with E-state index < -0.39 is 56.9 Å². The number of carbonyl (C=O) groups is 2. The van der Waals surface area contributed by atoms with E-state index in [-0.39, 0.29) is 28.0 Å². The van der Waals surface area contributed by atoms with E-state index >= 15 is 0 Å². The summed E-state index contributed by atoms with van der Waals surface area (Å²) in [6.07, 6.45) is 10.9. The molecule has 1 amide bonds. The number of allylic oxidation sites excluding steroid dienone is 6. The molecule has 0 saturated heterocycles. The van der Waals surface area contributed by atoms with Gasteiger partial charge in [-0.25, -0.2) is 0 Å². The lowest BCUT2D eigenvalue weighted by Crippen LogP contribution is -2.27. The molecule has 19 heteroatoms. The first-order valence-electron chi connectivity index (χ1n) is 22.3. The highest BCUT2D eigenvalue weighted by Crippen LogP contribution is 2.52. The number of carbonyl (C=O) groups excluding carboxylic acids is 1. The molecule has 0 unspecified atom stereocenters. The lowest BCUT2D eigenvalue weighted by Gasteiger charge is -2.26. The first-order chi connectivity index (χ1) is 32.2. The van der Waals surface area contributed by atoms with Gasteiger partial charge in [0.2, 0.25) is 5.69 Å². The van der Waals surface area contributed by atoms with Gasteiger partial charge in [-0.2, -0.15) is 29.8 Å². The molecule has 0 fully saturated rings. The van der Waals surface area contributed by atoms with Gasteiger partial charge in [0.15, 0.2) is 5.71 Å². The Morgan fingerprint density at radius 3 is 2.01 bits per heavy atom. The van der Waals surface area contributed by atoms with Crippen molar-refractivity contribution in [3.8, 4) is 0 Å². The fourth-order valence-corrected chi connectivity index (χ4v) is 11.8. The topological polar surface area (TPSA) is 249 Å². The lowest BCUT2D eigenvalue weighted by atomic mass is 9.78. The number of likely N-dealkylation sites (N-methyl/N-ethyl adjacent to an activating group) is 1. The van der Waals surface area contributed by atoms with Gasteiger partial charge < -0.3 is 15.3 Å². The molecule has 0 aliphatic carbocycles. The molecule has 4 aromatic carbocycles. The van der Waals surface area contributed by atoms with E-state index in [9.17, 15) is 48.5 Å². The smallest absolute Gasteiger partial charge is 0.303 e. The van der Waals surface area contributed by atoms with Crippen molar-refractivity contribution in [2.24, 2.45) is 0 Å². The van der Waals surface area contributed by atoms with Gasteiger partial charge in [-0.05, 0) is 135 Å².